The number of benzene rings is 3. The summed E-state index contributed by atoms with van der Waals surface area (Å²) in [5.41, 5.74) is 1.81. The van der Waals surface area contributed by atoms with E-state index in [-0.39, 0.29) is 24.7 Å². The van der Waals surface area contributed by atoms with E-state index < -0.39 is 5.97 Å². The molecule has 1 amide bonds. The van der Waals surface area contributed by atoms with Crippen molar-refractivity contribution in [2.24, 2.45) is 0 Å². The van der Waals surface area contributed by atoms with Crippen LogP contribution in [0.2, 0.25) is 5.02 Å². The maximum atomic E-state index is 12.6. The highest BCUT2D eigenvalue weighted by atomic mass is 35.5. The lowest BCUT2D eigenvalue weighted by Crippen LogP contribution is -2.34. The summed E-state index contributed by atoms with van der Waals surface area (Å²) in [4.78, 5) is 26.7. The Labute approximate surface area is 180 Å². The number of ether oxygens (including phenoxy) is 2. The quantitative estimate of drug-likeness (QED) is 0.471. The van der Waals surface area contributed by atoms with E-state index in [1.165, 1.54) is 0 Å². The van der Waals surface area contributed by atoms with Crippen LogP contribution in [-0.4, -0.2) is 25.0 Å². The number of amides is 1. The van der Waals surface area contributed by atoms with E-state index in [9.17, 15) is 9.59 Å². The van der Waals surface area contributed by atoms with E-state index in [0.29, 0.717) is 17.3 Å². The Kier molecular flexibility index (Phi) is 7.46. The van der Waals surface area contributed by atoms with Gasteiger partial charge >= 0.3 is 5.97 Å². The number of esters is 1. The van der Waals surface area contributed by atoms with E-state index in [1.807, 2.05) is 55.5 Å². The number of nitrogens with zero attached hydrogens (tertiary/aromatic N) is 1. The molecule has 5 nitrogen and oxygen atoms in total. The topological polar surface area (TPSA) is 55.8 Å². The number of para-hydroxylation sites is 2. The van der Waals surface area contributed by atoms with Crippen LogP contribution < -0.4 is 9.64 Å². The van der Waals surface area contributed by atoms with Crippen molar-refractivity contribution < 1.29 is 19.1 Å². The molecule has 3 aromatic rings. The first-order valence-corrected chi connectivity index (χ1v) is 9.95. The average Bonchev–Trinajstić information content (AvgIpc) is 2.78. The minimum atomic E-state index is -0.623. The van der Waals surface area contributed by atoms with Gasteiger partial charge in [0.05, 0.1) is 0 Å². The molecular formula is C24H22ClNO4. The summed E-state index contributed by atoms with van der Waals surface area (Å²) in [5.74, 6) is -0.556. The molecule has 0 aromatic heterocycles. The van der Waals surface area contributed by atoms with Crippen molar-refractivity contribution in [2.75, 3.05) is 18.1 Å². The lowest BCUT2D eigenvalue weighted by Gasteiger charge is -2.21. The van der Waals surface area contributed by atoms with Gasteiger partial charge < -0.3 is 14.4 Å². The fourth-order valence-electron chi connectivity index (χ4n) is 2.93. The zero-order valence-corrected chi connectivity index (χ0v) is 17.3. The Hall–Kier alpha value is -3.31. The van der Waals surface area contributed by atoms with Crippen molar-refractivity contribution in [1.29, 1.82) is 0 Å². The zero-order valence-electron chi connectivity index (χ0n) is 16.6. The van der Waals surface area contributed by atoms with Gasteiger partial charge in [-0.2, -0.15) is 0 Å². The molecule has 0 aliphatic heterocycles. The fraction of sp³-hybridized carbons (Fsp3) is 0.167. The van der Waals surface area contributed by atoms with Crippen LogP contribution in [0.1, 0.15) is 22.8 Å². The number of rotatable bonds is 8. The van der Waals surface area contributed by atoms with Crippen LogP contribution >= 0.6 is 11.6 Å². The van der Waals surface area contributed by atoms with Crippen LogP contribution in [0.25, 0.3) is 0 Å². The molecule has 0 bridgehead atoms. The third-order valence-corrected chi connectivity index (χ3v) is 4.83. The van der Waals surface area contributed by atoms with Crippen LogP contribution in [0.15, 0.2) is 78.9 Å². The molecule has 0 heterocycles. The smallest absolute Gasteiger partial charge is 0.342 e. The molecule has 154 valence electrons. The van der Waals surface area contributed by atoms with Crippen LogP contribution in [0, 0.1) is 0 Å². The van der Waals surface area contributed by atoms with E-state index in [2.05, 4.69) is 0 Å². The molecule has 6 heteroatoms. The largest absolute Gasteiger partial charge is 0.488 e. The maximum absolute atomic E-state index is 12.6. The second kappa shape index (κ2) is 10.5. The highest BCUT2D eigenvalue weighted by Crippen LogP contribution is 2.23. The van der Waals surface area contributed by atoms with Gasteiger partial charge in [-0.25, -0.2) is 4.79 Å². The molecule has 0 N–H and O–H groups in total. The molecule has 30 heavy (non-hydrogen) atoms. The molecule has 3 rings (SSSR count). The highest BCUT2D eigenvalue weighted by Gasteiger charge is 2.19. The van der Waals surface area contributed by atoms with Crippen molar-refractivity contribution >= 4 is 29.2 Å². The van der Waals surface area contributed by atoms with E-state index in [4.69, 9.17) is 21.1 Å². The Morgan fingerprint density at radius 2 is 1.57 bits per heavy atom. The van der Waals surface area contributed by atoms with Crippen molar-refractivity contribution in [1.82, 2.24) is 0 Å². The lowest BCUT2D eigenvalue weighted by molar-refractivity contribution is -0.121. The number of hydrogen-bond donors (Lipinski definition) is 0. The first-order chi connectivity index (χ1) is 14.6. The molecule has 0 saturated carbocycles. The summed E-state index contributed by atoms with van der Waals surface area (Å²) in [6.45, 7) is 2.18. The van der Waals surface area contributed by atoms with E-state index in [0.717, 1.165) is 11.3 Å². The molecule has 0 fully saturated rings. The molecule has 3 aromatic carbocycles. The van der Waals surface area contributed by atoms with Gasteiger partial charge in [-0.1, -0.05) is 60.1 Å². The van der Waals surface area contributed by atoms with Crippen molar-refractivity contribution in [2.45, 2.75) is 13.5 Å². The number of carbonyl (C=O) groups excluding carboxylic acids is 2. The Bertz CT molecular complexity index is 1010. The standard InChI is InChI=1S/C24H22ClNO4/c1-2-26(19-11-4-3-5-12-19)23(27)17-30-24(28)20-13-7-9-15-22(20)29-16-18-10-6-8-14-21(18)25/h3-15H,2,16-17H2,1H3. The van der Waals surface area contributed by atoms with Gasteiger partial charge in [-0.05, 0) is 37.3 Å². The van der Waals surface area contributed by atoms with Gasteiger partial charge in [-0.3, -0.25) is 4.79 Å². The molecule has 0 aliphatic rings. The van der Waals surface area contributed by atoms with Crippen molar-refractivity contribution in [3.63, 3.8) is 0 Å². The number of anilines is 1. The van der Waals surface area contributed by atoms with Crippen LogP contribution in [0.3, 0.4) is 0 Å². The predicted octanol–water partition coefficient (Wildman–Crippen LogP) is 5.13. The molecule has 0 atom stereocenters. The minimum absolute atomic E-state index is 0.209. The summed E-state index contributed by atoms with van der Waals surface area (Å²) in [5, 5.41) is 0.587. The first kappa shape index (κ1) is 21.4. The highest BCUT2D eigenvalue weighted by molar-refractivity contribution is 6.31. The van der Waals surface area contributed by atoms with Gasteiger partial charge in [0.15, 0.2) is 6.61 Å². The summed E-state index contributed by atoms with van der Waals surface area (Å²) in [6, 6.07) is 23.3. The molecule has 0 saturated heterocycles. The molecule has 0 aliphatic carbocycles. The van der Waals surface area contributed by atoms with E-state index in [1.54, 1.807) is 35.2 Å². The average molecular weight is 424 g/mol. The van der Waals surface area contributed by atoms with Gasteiger partial charge in [-0.15, -0.1) is 0 Å². The third kappa shape index (κ3) is 5.39. The molecule has 0 radical (unpaired) electrons. The summed E-state index contributed by atoms with van der Waals surface area (Å²) in [6.07, 6.45) is 0. The lowest BCUT2D eigenvalue weighted by atomic mass is 10.2. The van der Waals surface area contributed by atoms with E-state index >= 15 is 0 Å². The molecular weight excluding hydrogens is 402 g/mol. The number of carbonyl (C=O) groups is 2. The number of likely N-dealkylation sites (N-methyl/N-ethyl adjacent to an activating group) is 1. The summed E-state index contributed by atoms with van der Waals surface area (Å²) >= 11 is 6.16. The summed E-state index contributed by atoms with van der Waals surface area (Å²) in [7, 11) is 0. The van der Waals surface area contributed by atoms with Gasteiger partial charge in [0.25, 0.3) is 5.91 Å². The first-order valence-electron chi connectivity index (χ1n) is 9.58. The third-order valence-electron chi connectivity index (χ3n) is 4.46. The van der Waals surface area contributed by atoms with Gasteiger partial charge in [0.1, 0.15) is 17.9 Å². The van der Waals surface area contributed by atoms with Crippen LogP contribution in [-0.2, 0) is 16.1 Å². The Morgan fingerprint density at radius 3 is 2.30 bits per heavy atom. The second-order valence-corrected chi connectivity index (χ2v) is 6.83. The van der Waals surface area contributed by atoms with Crippen LogP contribution in [0.4, 0.5) is 5.69 Å². The molecule has 0 spiro atoms. The van der Waals surface area contributed by atoms with Gasteiger partial charge in [0.2, 0.25) is 0 Å². The monoisotopic (exact) mass is 423 g/mol. The van der Waals surface area contributed by atoms with Crippen LogP contribution in [0.5, 0.6) is 5.75 Å². The fourth-order valence-corrected chi connectivity index (χ4v) is 3.12. The maximum Gasteiger partial charge on any atom is 0.342 e. The SMILES string of the molecule is CCN(C(=O)COC(=O)c1ccccc1OCc1ccccc1Cl)c1ccccc1. The van der Waals surface area contributed by atoms with Crippen molar-refractivity contribution in [3.8, 4) is 5.75 Å². The number of hydrogen-bond acceptors (Lipinski definition) is 4. The Balaban J connectivity index is 1.64. The second-order valence-electron chi connectivity index (χ2n) is 6.43. The zero-order chi connectivity index (χ0) is 21.3. The number of halogens is 1. The normalized spacial score (nSPS) is 10.3. The Morgan fingerprint density at radius 1 is 0.900 bits per heavy atom. The van der Waals surface area contributed by atoms with Gasteiger partial charge in [0, 0.05) is 22.8 Å². The minimum Gasteiger partial charge on any atom is -0.488 e. The predicted molar refractivity (Wildman–Crippen MR) is 117 cm³/mol. The molecule has 0 unspecified atom stereocenters. The van der Waals surface area contributed by atoms with Crippen molar-refractivity contribution in [3.05, 3.63) is 95.0 Å². The summed E-state index contributed by atoms with van der Waals surface area (Å²) < 4.78 is 11.1.